The van der Waals surface area contributed by atoms with E-state index in [2.05, 4.69) is 4.74 Å². The van der Waals surface area contributed by atoms with Gasteiger partial charge in [-0.05, 0) is 0 Å². The minimum absolute atomic E-state index is 0.181. The minimum Gasteiger partial charge on any atom is -0.493 e. The highest BCUT2D eigenvalue weighted by Gasteiger charge is 2.16. The van der Waals surface area contributed by atoms with Gasteiger partial charge < -0.3 is 4.74 Å². The number of nitrogens with zero attached hydrogens (tertiary/aromatic N) is 1. The Bertz CT molecular complexity index is 391. The highest BCUT2D eigenvalue weighted by molar-refractivity contribution is 5.80. The quantitative estimate of drug-likeness (QED) is 0.420. The van der Waals surface area contributed by atoms with Crippen LogP contribution in [0.1, 0.15) is 10.4 Å². The van der Waals surface area contributed by atoms with Crippen LogP contribution >= 0.6 is 0 Å². The molecule has 0 aromatic heterocycles. The number of carbonyl (C=O) groups excluding carboxylic acids is 1. The molecule has 0 saturated heterocycles. The van der Waals surface area contributed by atoms with Gasteiger partial charge in [0.1, 0.15) is 0 Å². The Morgan fingerprint density at radius 2 is 2.21 bits per heavy atom. The Labute approximate surface area is 78.3 Å². The van der Waals surface area contributed by atoms with E-state index in [4.69, 9.17) is 0 Å². The molecule has 1 rings (SSSR count). The van der Waals surface area contributed by atoms with E-state index in [9.17, 15) is 19.3 Å². The molecule has 0 unspecified atom stereocenters. The molecule has 1 aromatic carbocycles. The van der Waals surface area contributed by atoms with Crippen molar-refractivity contribution in [2.45, 2.75) is 0 Å². The zero-order valence-electron chi connectivity index (χ0n) is 7.19. The van der Waals surface area contributed by atoms with Crippen LogP contribution in [0.5, 0.6) is 5.75 Å². The summed E-state index contributed by atoms with van der Waals surface area (Å²) in [7, 11) is 1.18. The zero-order valence-corrected chi connectivity index (χ0v) is 7.19. The van der Waals surface area contributed by atoms with Crippen molar-refractivity contribution in [2.24, 2.45) is 0 Å². The Morgan fingerprint density at radius 3 is 2.64 bits per heavy atom. The van der Waals surface area contributed by atoms with Gasteiger partial charge in [0, 0.05) is 6.07 Å². The molecule has 0 atom stereocenters. The molecule has 74 valence electrons. The summed E-state index contributed by atoms with van der Waals surface area (Å²) in [5.41, 5.74) is -0.662. The van der Waals surface area contributed by atoms with Crippen molar-refractivity contribution >= 4 is 12.0 Å². The smallest absolute Gasteiger partial charge is 0.273 e. The maximum atomic E-state index is 13.1. The van der Waals surface area contributed by atoms with Crippen molar-refractivity contribution in [3.63, 3.8) is 0 Å². The molecule has 6 heteroatoms. The summed E-state index contributed by atoms with van der Waals surface area (Å²) in [6, 6.07) is 1.65. The van der Waals surface area contributed by atoms with Gasteiger partial charge in [-0.1, -0.05) is 0 Å². The number of aldehydes is 1. The van der Waals surface area contributed by atoms with Crippen molar-refractivity contribution in [1.82, 2.24) is 0 Å². The first-order chi connectivity index (χ1) is 6.60. The molecule has 0 bridgehead atoms. The van der Waals surface area contributed by atoms with Gasteiger partial charge in [0.25, 0.3) is 5.69 Å². The molecule has 0 fully saturated rings. The molecule has 14 heavy (non-hydrogen) atoms. The van der Waals surface area contributed by atoms with Gasteiger partial charge in [-0.3, -0.25) is 14.9 Å². The second kappa shape index (κ2) is 3.82. The molecule has 0 amide bonds. The summed E-state index contributed by atoms with van der Waals surface area (Å²) in [6.07, 6.45) is 0.301. The summed E-state index contributed by atoms with van der Waals surface area (Å²) in [5.74, 6) is -1.21. The highest BCUT2D eigenvalue weighted by Crippen LogP contribution is 2.26. The lowest BCUT2D eigenvalue weighted by Gasteiger charge is -2.03. The van der Waals surface area contributed by atoms with Gasteiger partial charge in [-0.25, -0.2) is 4.39 Å². The topological polar surface area (TPSA) is 69.4 Å². The summed E-state index contributed by atoms with van der Waals surface area (Å²) >= 11 is 0. The van der Waals surface area contributed by atoms with Crippen LogP contribution in [0.25, 0.3) is 0 Å². The van der Waals surface area contributed by atoms with Gasteiger partial charge in [-0.2, -0.15) is 0 Å². The second-order valence-corrected chi connectivity index (χ2v) is 2.43. The van der Waals surface area contributed by atoms with Gasteiger partial charge in [0.2, 0.25) is 0 Å². The third-order valence-corrected chi connectivity index (χ3v) is 1.60. The molecular formula is C8H6FNO4. The fourth-order valence-corrected chi connectivity index (χ4v) is 1.01. The van der Waals surface area contributed by atoms with Gasteiger partial charge >= 0.3 is 0 Å². The van der Waals surface area contributed by atoms with Gasteiger partial charge in [0.15, 0.2) is 17.9 Å². The number of rotatable bonds is 3. The highest BCUT2D eigenvalue weighted by atomic mass is 19.1. The Balaban J connectivity index is 3.38. The van der Waals surface area contributed by atoms with Crippen molar-refractivity contribution in [3.8, 4) is 5.75 Å². The summed E-state index contributed by atoms with van der Waals surface area (Å²) < 4.78 is 17.6. The molecule has 0 aliphatic carbocycles. The van der Waals surface area contributed by atoms with Crippen LogP contribution < -0.4 is 4.74 Å². The third-order valence-electron chi connectivity index (χ3n) is 1.60. The van der Waals surface area contributed by atoms with Crippen LogP contribution in [0, 0.1) is 15.9 Å². The summed E-state index contributed by atoms with van der Waals surface area (Å²) in [5, 5.41) is 10.3. The van der Waals surface area contributed by atoms with Gasteiger partial charge in [-0.15, -0.1) is 0 Å². The maximum absolute atomic E-state index is 13.1. The lowest BCUT2D eigenvalue weighted by molar-refractivity contribution is -0.385. The number of hydrogen-bond donors (Lipinski definition) is 0. The zero-order chi connectivity index (χ0) is 10.7. The SMILES string of the molecule is COc1c(F)cc([N+](=O)[O-])cc1C=O. The molecule has 0 spiro atoms. The van der Waals surface area contributed by atoms with Crippen LogP contribution in [0.4, 0.5) is 10.1 Å². The number of nitro benzene ring substituents is 1. The number of hydrogen-bond acceptors (Lipinski definition) is 4. The number of halogens is 1. The molecule has 0 aliphatic rings. The molecule has 5 nitrogen and oxygen atoms in total. The Kier molecular flexibility index (Phi) is 2.76. The fourth-order valence-electron chi connectivity index (χ4n) is 1.01. The molecule has 0 radical (unpaired) electrons. The van der Waals surface area contributed by atoms with Crippen molar-refractivity contribution in [3.05, 3.63) is 33.6 Å². The number of nitro groups is 1. The largest absolute Gasteiger partial charge is 0.493 e. The van der Waals surface area contributed by atoms with E-state index >= 15 is 0 Å². The predicted octanol–water partition coefficient (Wildman–Crippen LogP) is 1.55. The standard InChI is InChI=1S/C8H6FNO4/c1-14-8-5(4-11)2-6(10(12)13)3-7(8)9/h2-4H,1H3. The lowest BCUT2D eigenvalue weighted by Crippen LogP contribution is -1.97. The van der Waals surface area contributed by atoms with E-state index in [1.807, 2.05) is 0 Å². The van der Waals surface area contributed by atoms with E-state index < -0.39 is 16.4 Å². The van der Waals surface area contributed by atoms with Crippen LogP contribution in [0.3, 0.4) is 0 Å². The lowest BCUT2D eigenvalue weighted by atomic mass is 10.2. The Morgan fingerprint density at radius 1 is 1.57 bits per heavy atom. The molecule has 0 N–H and O–H groups in total. The normalized spacial score (nSPS) is 9.57. The van der Waals surface area contributed by atoms with E-state index in [0.717, 1.165) is 6.07 Å². The summed E-state index contributed by atoms with van der Waals surface area (Å²) in [6.45, 7) is 0. The predicted molar refractivity (Wildman–Crippen MR) is 45.0 cm³/mol. The monoisotopic (exact) mass is 199 g/mol. The Hall–Kier alpha value is -1.98. The average molecular weight is 199 g/mol. The number of methoxy groups -OCH3 is 1. The van der Waals surface area contributed by atoms with E-state index in [1.54, 1.807) is 0 Å². The fraction of sp³-hybridized carbons (Fsp3) is 0.125. The number of carbonyl (C=O) groups is 1. The molecular weight excluding hydrogens is 193 g/mol. The minimum atomic E-state index is -0.927. The van der Waals surface area contributed by atoms with Crippen LogP contribution in [0.15, 0.2) is 12.1 Å². The maximum Gasteiger partial charge on any atom is 0.273 e. The van der Waals surface area contributed by atoms with E-state index in [-0.39, 0.29) is 11.3 Å². The molecule has 0 aliphatic heterocycles. The van der Waals surface area contributed by atoms with Crippen molar-refractivity contribution in [1.29, 1.82) is 0 Å². The van der Waals surface area contributed by atoms with Gasteiger partial charge in [0.05, 0.1) is 23.7 Å². The van der Waals surface area contributed by atoms with Crippen LogP contribution in [-0.2, 0) is 0 Å². The average Bonchev–Trinajstić information content (AvgIpc) is 2.16. The molecule has 0 heterocycles. The van der Waals surface area contributed by atoms with E-state index in [1.165, 1.54) is 7.11 Å². The first-order valence-electron chi connectivity index (χ1n) is 3.57. The molecule has 0 saturated carbocycles. The molecule has 1 aromatic rings. The second-order valence-electron chi connectivity index (χ2n) is 2.43. The number of non-ortho nitro benzene ring substituents is 1. The van der Waals surface area contributed by atoms with E-state index in [0.29, 0.717) is 12.4 Å². The summed E-state index contributed by atoms with van der Waals surface area (Å²) in [4.78, 5) is 20.0. The third kappa shape index (κ3) is 1.68. The van der Waals surface area contributed by atoms with Crippen molar-refractivity contribution in [2.75, 3.05) is 7.11 Å². The van der Waals surface area contributed by atoms with Crippen molar-refractivity contribution < 1.29 is 18.8 Å². The first-order valence-corrected chi connectivity index (χ1v) is 3.57. The number of ether oxygens (including phenoxy) is 1. The number of benzene rings is 1. The van der Waals surface area contributed by atoms with Crippen LogP contribution in [-0.4, -0.2) is 18.3 Å². The first kappa shape index (κ1) is 10.1. The van der Waals surface area contributed by atoms with Crippen LogP contribution in [0.2, 0.25) is 0 Å².